The summed E-state index contributed by atoms with van der Waals surface area (Å²) in [4.78, 5) is 37.3. The smallest absolute Gasteiger partial charge is 0.282 e. The first-order chi connectivity index (χ1) is 14.0. The minimum Gasteiger partial charge on any atom is -0.378 e. The first-order valence-corrected chi connectivity index (χ1v) is 9.20. The van der Waals surface area contributed by atoms with Gasteiger partial charge in [0, 0.05) is 19.2 Å². The molecule has 0 saturated carbocycles. The van der Waals surface area contributed by atoms with Crippen LogP contribution in [-0.2, 0) is 4.74 Å². The van der Waals surface area contributed by atoms with Crippen molar-refractivity contribution >= 4 is 40.5 Å². The van der Waals surface area contributed by atoms with Crippen molar-refractivity contribution in [2.75, 3.05) is 31.6 Å². The van der Waals surface area contributed by atoms with Crippen LogP contribution in [0.1, 0.15) is 20.7 Å². The van der Waals surface area contributed by atoms with E-state index in [0.29, 0.717) is 37.6 Å². The Balaban J connectivity index is 1.72. The Labute approximate surface area is 171 Å². The Hall–Kier alpha value is -3.37. The Kier molecular flexibility index (Phi) is 6.47. The van der Waals surface area contributed by atoms with Gasteiger partial charge >= 0.3 is 0 Å². The lowest BCUT2D eigenvalue weighted by Gasteiger charge is -2.27. The first kappa shape index (κ1) is 20.4. The van der Waals surface area contributed by atoms with Crippen LogP contribution in [0.5, 0.6) is 0 Å². The molecule has 0 radical (unpaired) electrons. The van der Waals surface area contributed by atoms with Crippen molar-refractivity contribution < 1.29 is 19.2 Å². The van der Waals surface area contributed by atoms with Crippen molar-refractivity contribution in [1.82, 2.24) is 10.2 Å². The van der Waals surface area contributed by atoms with E-state index in [0.717, 1.165) is 0 Å². The lowest BCUT2D eigenvalue weighted by Crippen LogP contribution is -2.41. The lowest BCUT2D eigenvalue weighted by molar-refractivity contribution is -0.385. The third kappa shape index (κ3) is 4.92. The number of morpholine rings is 1. The van der Waals surface area contributed by atoms with Gasteiger partial charge in [0.25, 0.3) is 17.5 Å². The highest BCUT2D eigenvalue weighted by molar-refractivity contribution is 7.80. The summed E-state index contributed by atoms with van der Waals surface area (Å²) in [6.45, 7) is 1.94. The lowest BCUT2D eigenvalue weighted by atomic mass is 10.1. The molecule has 29 heavy (non-hydrogen) atoms. The number of anilines is 1. The quantitative estimate of drug-likeness (QED) is 0.448. The van der Waals surface area contributed by atoms with Crippen molar-refractivity contribution in [2.24, 2.45) is 0 Å². The molecule has 2 N–H and O–H groups in total. The number of nitrogens with one attached hydrogen (secondary N) is 2. The second kappa shape index (κ2) is 9.22. The maximum Gasteiger partial charge on any atom is 0.282 e. The molecule has 150 valence electrons. The Morgan fingerprint density at radius 2 is 1.66 bits per heavy atom. The van der Waals surface area contributed by atoms with Crippen LogP contribution in [0.2, 0.25) is 0 Å². The van der Waals surface area contributed by atoms with Crippen LogP contribution < -0.4 is 10.6 Å². The zero-order valence-corrected chi connectivity index (χ0v) is 16.1. The molecule has 3 rings (SSSR count). The number of ether oxygens (including phenoxy) is 1. The van der Waals surface area contributed by atoms with Crippen molar-refractivity contribution in [2.45, 2.75) is 0 Å². The number of nitro benzene ring substituents is 1. The minimum atomic E-state index is -0.716. The summed E-state index contributed by atoms with van der Waals surface area (Å²) in [6.07, 6.45) is 0. The third-order valence-electron chi connectivity index (χ3n) is 4.28. The summed E-state index contributed by atoms with van der Waals surface area (Å²) in [6, 6.07) is 12.4. The predicted octanol–water partition coefficient (Wildman–Crippen LogP) is 2.19. The second-order valence-corrected chi connectivity index (χ2v) is 6.54. The number of thiocarbonyl (C=S) groups is 1. The van der Waals surface area contributed by atoms with E-state index >= 15 is 0 Å². The van der Waals surface area contributed by atoms with Crippen molar-refractivity contribution in [3.63, 3.8) is 0 Å². The molecule has 1 fully saturated rings. The summed E-state index contributed by atoms with van der Waals surface area (Å²) < 4.78 is 5.27. The van der Waals surface area contributed by atoms with E-state index in [2.05, 4.69) is 10.6 Å². The number of carbonyl (C=O) groups excluding carboxylic acids is 2. The number of nitrogens with zero attached hydrogens (tertiary/aromatic N) is 2. The Morgan fingerprint density at radius 1 is 1.03 bits per heavy atom. The molecule has 2 aromatic rings. The molecule has 2 aromatic carbocycles. The van der Waals surface area contributed by atoms with Gasteiger partial charge in [-0.05, 0) is 30.4 Å². The van der Waals surface area contributed by atoms with Gasteiger partial charge < -0.3 is 15.0 Å². The molecule has 1 aliphatic rings. The van der Waals surface area contributed by atoms with Crippen LogP contribution in [0.15, 0.2) is 48.5 Å². The third-order valence-corrected chi connectivity index (χ3v) is 4.48. The number of hydrogen-bond acceptors (Lipinski definition) is 6. The average Bonchev–Trinajstić information content (AvgIpc) is 2.74. The van der Waals surface area contributed by atoms with E-state index in [-0.39, 0.29) is 22.3 Å². The normalized spacial score (nSPS) is 13.4. The van der Waals surface area contributed by atoms with Crippen LogP contribution in [-0.4, -0.2) is 53.1 Å². The van der Waals surface area contributed by atoms with Gasteiger partial charge in [-0.3, -0.25) is 25.0 Å². The van der Waals surface area contributed by atoms with E-state index in [4.69, 9.17) is 17.0 Å². The molecule has 0 aliphatic carbocycles. The molecular weight excluding hydrogens is 396 g/mol. The van der Waals surface area contributed by atoms with Crippen LogP contribution in [0.25, 0.3) is 0 Å². The molecule has 1 heterocycles. The summed E-state index contributed by atoms with van der Waals surface area (Å²) in [5.74, 6) is -0.893. The number of carbonyl (C=O) groups is 2. The van der Waals surface area contributed by atoms with Crippen molar-refractivity contribution in [3.8, 4) is 0 Å². The molecule has 2 amide bonds. The number of hydrogen-bond donors (Lipinski definition) is 2. The summed E-state index contributed by atoms with van der Waals surface area (Å²) in [7, 11) is 0. The van der Waals surface area contributed by atoms with Crippen LogP contribution in [0, 0.1) is 10.1 Å². The molecule has 0 atom stereocenters. The average molecular weight is 414 g/mol. The predicted molar refractivity (Wildman–Crippen MR) is 110 cm³/mol. The van der Waals surface area contributed by atoms with Gasteiger partial charge in [0.15, 0.2) is 5.11 Å². The molecule has 0 spiro atoms. The maximum absolute atomic E-state index is 12.8. The van der Waals surface area contributed by atoms with E-state index in [9.17, 15) is 19.7 Å². The van der Waals surface area contributed by atoms with Gasteiger partial charge in [0.05, 0.1) is 29.4 Å². The van der Waals surface area contributed by atoms with Crippen LogP contribution in [0.4, 0.5) is 11.4 Å². The number of para-hydroxylation sites is 2. The fourth-order valence-electron chi connectivity index (χ4n) is 2.86. The van der Waals surface area contributed by atoms with Gasteiger partial charge in [-0.1, -0.05) is 24.3 Å². The molecule has 1 saturated heterocycles. The van der Waals surface area contributed by atoms with E-state index in [1.54, 1.807) is 29.2 Å². The fraction of sp³-hybridized carbons (Fsp3) is 0.211. The van der Waals surface area contributed by atoms with E-state index < -0.39 is 10.8 Å². The SMILES string of the molecule is O=C(NC(=S)Nc1ccccc1C(=O)N1CCOCC1)c1ccccc1[N+](=O)[O-]. The molecule has 9 nitrogen and oxygen atoms in total. The Morgan fingerprint density at radius 3 is 2.34 bits per heavy atom. The maximum atomic E-state index is 12.8. The van der Waals surface area contributed by atoms with Crippen molar-refractivity contribution in [3.05, 3.63) is 69.8 Å². The monoisotopic (exact) mass is 414 g/mol. The van der Waals surface area contributed by atoms with Gasteiger partial charge in [-0.2, -0.15) is 0 Å². The highest BCUT2D eigenvalue weighted by atomic mass is 32.1. The van der Waals surface area contributed by atoms with Gasteiger partial charge in [0.1, 0.15) is 5.56 Å². The number of benzene rings is 2. The molecular formula is C19H18N4O5S. The topological polar surface area (TPSA) is 114 Å². The molecule has 0 bridgehead atoms. The molecule has 0 aromatic heterocycles. The fourth-order valence-corrected chi connectivity index (χ4v) is 3.07. The first-order valence-electron chi connectivity index (χ1n) is 8.79. The number of nitro groups is 1. The molecule has 1 aliphatic heterocycles. The van der Waals surface area contributed by atoms with Gasteiger partial charge in [-0.25, -0.2) is 0 Å². The zero-order valence-electron chi connectivity index (χ0n) is 15.3. The summed E-state index contributed by atoms with van der Waals surface area (Å²) in [5.41, 5.74) is 0.392. The number of amides is 2. The van der Waals surface area contributed by atoms with E-state index in [1.807, 2.05) is 0 Å². The van der Waals surface area contributed by atoms with Gasteiger partial charge in [0.2, 0.25) is 0 Å². The largest absolute Gasteiger partial charge is 0.378 e. The molecule has 0 unspecified atom stereocenters. The van der Waals surface area contributed by atoms with Crippen molar-refractivity contribution in [1.29, 1.82) is 0 Å². The zero-order chi connectivity index (χ0) is 20.8. The summed E-state index contributed by atoms with van der Waals surface area (Å²) in [5, 5.41) is 16.3. The number of rotatable bonds is 4. The minimum absolute atomic E-state index is 0.0737. The highest BCUT2D eigenvalue weighted by Gasteiger charge is 2.23. The Bertz CT molecular complexity index is 959. The summed E-state index contributed by atoms with van der Waals surface area (Å²) >= 11 is 5.17. The van der Waals surface area contributed by atoms with Gasteiger partial charge in [-0.15, -0.1) is 0 Å². The second-order valence-electron chi connectivity index (χ2n) is 6.13. The molecule has 10 heteroatoms. The highest BCUT2D eigenvalue weighted by Crippen LogP contribution is 2.19. The van der Waals surface area contributed by atoms with Crippen LogP contribution in [0.3, 0.4) is 0 Å². The van der Waals surface area contributed by atoms with E-state index in [1.165, 1.54) is 24.3 Å². The van der Waals surface area contributed by atoms with Crippen LogP contribution >= 0.6 is 12.2 Å². The standard InChI is InChI=1S/C19H18N4O5S/c24-17(14-6-2-4-8-16(14)23(26)27)21-19(29)20-15-7-3-1-5-13(15)18(25)22-9-11-28-12-10-22/h1-8H,9-12H2,(H2,20,21,24,29).